The van der Waals surface area contributed by atoms with Crippen molar-refractivity contribution in [3.63, 3.8) is 0 Å². The number of anilines is 1. The largest absolute Gasteiger partial charge is 0.454 e. The van der Waals surface area contributed by atoms with Crippen molar-refractivity contribution in [2.75, 3.05) is 26.0 Å². The van der Waals surface area contributed by atoms with Crippen LogP contribution >= 0.6 is 0 Å². The Morgan fingerprint density at radius 1 is 1.06 bits per heavy atom. The van der Waals surface area contributed by atoms with Crippen LogP contribution < -0.4 is 10.6 Å². The standard InChI is InChI=1S/C23H26N4O6S/c1-15(28)25-21(12-16-13-24-20-7-5-4-6-19(16)20)23(30)33-14-22(29)26-17-8-10-18(11-9-17)34(31,32)27(2)3/h4-11,13,21,24H,12,14H2,1-3H3,(H,25,28)(H,26,29)/t21-/m1/s1. The Morgan fingerprint density at radius 2 is 1.74 bits per heavy atom. The van der Waals surface area contributed by atoms with Crippen molar-refractivity contribution in [2.45, 2.75) is 24.3 Å². The van der Waals surface area contributed by atoms with Crippen LogP contribution in [0.5, 0.6) is 0 Å². The van der Waals surface area contributed by atoms with E-state index in [4.69, 9.17) is 4.74 Å². The van der Waals surface area contributed by atoms with E-state index >= 15 is 0 Å². The molecule has 0 saturated carbocycles. The fourth-order valence-electron chi connectivity index (χ4n) is 3.31. The van der Waals surface area contributed by atoms with Gasteiger partial charge in [0.25, 0.3) is 5.91 Å². The molecule has 0 fully saturated rings. The van der Waals surface area contributed by atoms with Gasteiger partial charge in [-0.15, -0.1) is 0 Å². The molecule has 1 atom stereocenters. The first kappa shape index (κ1) is 24.9. The first-order chi connectivity index (χ1) is 16.1. The van der Waals surface area contributed by atoms with E-state index in [0.29, 0.717) is 5.69 Å². The Labute approximate surface area is 197 Å². The molecule has 3 rings (SSSR count). The van der Waals surface area contributed by atoms with Crippen molar-refractivity contribution in [3.8, 4) is 0 Å². The van der Waals surface area contributed by atoms with Crippen molar-refractivity contribution in [3.05, 3.63) is 60.3 Å². The second-order valence-electron chi connectivity index (χ2n) is 7.78. The van der Waals surface area contributed by atoms with Gasteiger partial charge in [-0.1, -0.05) is 18.2 Å². The number of hydrogen-bond acceptors (Lipinski definition) is 6. The lowest BCUT2D eigenvalue weighted by Gasteiger charge is -2.16. The number of nitrogens with one attached hydrogen (secondary N) is 3. The summed E-state index contributed by atoms with van der Waals surface area (Å²) in [6.07, 6.45) is 1.95. The van der Waals surface area contributed by atoms with Crippen LogP contribution in [-0.4, -0.2) is 62.2 Å². The van der Waals surface area contributed by atoms with Crippen molar-refractivity contribution in [2.24, 2.45) is 0 Å². The summed E-state index contributed by atoms with van der Waals surface area (Å²) < 4.78 is 30.5. The first-order valence-electron chi connectivity index (χ1n) is 10.4. The number of aromatic nitrogens is 1. The van der Waals surface area contributed by atoms with Gasteiger partial charge < -0.3 is 20.4 Å². The van der Waals surface area contributed by atoms with Crippen molar-refractivity contribution in [1.29, 1.82) is 0 Å². The fourth-order valence-corrected chi connectivity index (χ4v) is 4.22. The number of amides is 2. The predicted molar refractivity (Wildman–Crippen MR) is 127 cm³/mol. The number of H-pyrrole nitrogens is 1. The van der Waals surface area contributed by atoms with Crippen LogP contribution in [0.3, 0.4) is 0 Å². The van der Waals surface area contributed by atoms with Gasteiger partial charge in [-0.05, 0) is 35.9 Å². The zero-order valence-electron chi connectivity index (χ0n) is 19.0. The summed E-state index contributed by atoms with van der Waals surface area (Å²) in [7, 11) is -0.739. The topological polar surface area (TPSA) is 138 Å². The Bertz CT molecular complexity index is 1300. The summed E-state index contributed by atoms with van der Waals surface area (Å²) in [5.74, 6) is -1.76. The van der Waals surface area contributed by atoms with E-state index in [-0.39, 0.29) is 11.3 Å². The van der Waals surface area contributed by atoms with Crippen LogP contribution in [0.25, 0.3) is 10.9 Å². The monoisotopic (exact) mass is 486 g/mol. The van der Waals surface area contributed by atoms with E-state index in [0.717, 1.165) is 20.8 Å². The minimum Gasteiger partial charge on any atom is -0.454 e. The van der Waals surface area contributed by atoms with Gasteiger partial charge in [-0.2, -0.15) is 0 Å². The van der Waals surface area contributed by atoms with Crippen LogP contribution in [0.15, 0.2) is 59.6 Å². The molecule has 2 amide bonds. The maximum absolute atomic E-state index is 12.6. The third kappa shape index (κ3) is 6.00. The van der Waals surface area contributed by atoms with Crippen LogP contribution in [0.4, 0.5) is 5.69 Å². The summed E-state index contributed by atoms with van der Waals surface area (Å²) >= 11 is 0. The molecule has 0 aliphatic carbocycles. The van der Waals surface area contributed by atoms with E-state index in [1.54, 1.807) is 6.20 Å². The molecular formula is C23H26N4O6S. The zero-order chi connectivity index (χ0) is 24.9. The lowest BCUT2D eigenvalue weighted by atomic mass is 10.0. The molecular weight excluding hydrogens is 460 g/mol. The lowest BCUT2D eigenvalue weighted by Crippen LogP contribution is -2.43. The Kier molecular flexibility index (Phi) is 7.69. The molecule has 0 saturated heterocycles. The van der Waals surface area contributed by atoms with Gasteiger partial charge in [0.2, 0.25) is 15.9 Å². The highest BCUT2D eigenvalue weighted by Gasteiger charge is 2.24. The van der Waals surface area contributed by atoms with E-state index in [1.807, 2.05) is 24.3 Å². The highest BCUT2D eigenvalue weighted by Crippen LogP contribution is 2.20. The molecule has 11 heteroatoms. The third-order valence-corrected chi connectivity index (χ3v) is 6.85. The van der Waals surface area contributed by atoms with E-state index < -0.39 is 40.5 Å². The van der Waals surface area contributed by atoms with Gasteiger partial charge in [-0.3, -0.25) is 9.59 Å². The van der Waals surface area contributed by atoms with E-state index in [1.165, 1.54) is 45.3 Å². The molecule has 3 aromatic rings. The molecule has 0 bridgehead atoms. The van der Waals surface area contributed by atoms with Crippen LogP contribution in [0.1, 0.15) is 12.5 Å². The number of aromatic amines is 1. The van der Waals surface area contributed by atoms with E-state index in [2.05, 4.69) is 15.6 Å². The molecule has 0 radical (unpaired) electrons. The Balaban J connectivity index is 1.60. The maximum Gasteiger partial charge on any atom is 0.329 e. The SMILES string of the molecule is CC(=O)N[C@H](Cc1c[nH]c2ccccc12)C(=O)OCC(=O)Nc1ccc(S(=O)(=O)N(C)C)cc1. The number of ether oxygens (including phenoxy) is 1. The number of fused-ring (bicyclic) bond motifs is 1. The molecule has 2 aromatic carbocycles. The summed E-state index contributed by atoms with van der Waals surface area (Å²) in [4.78, 5) is 39.7. The number of rotatable bonds is 9. The van der Waals surface area contributed by atoms with Gasteiger partial charge >= 0.3 is 5.97 Å². The molecule has 0 unspecified atom stereocenters. The number of esters is 1. The zero-order valence-corrected chi connectivity index (χ0v) is 19.8. The molecule has 3 N–H and O–H groups in total. The normalized spacial score (nSPS) is 12.4. The maximum atomic E-state index is 12.6. The molecule has 10 nitrogen and oxygen atoms in total. The van der Waals surface area contributed by atoms with Crippen molar-refractivity contribution < 1.29 is 27.5 Å². The van der Waals surface area contributed by atoms with Gasteiger partial charge in [0.1, 0.15) is 6.04 Å². The molecule has 1 aromatic heterocycles. The number of carbonyl (C=O) groups excluding carboxylic acids is 3. The summed E-state index contributed by atoms with van der Waals surface area (Å²) in [6, 6.07) is 12.2. The van der Waals surface area contributed by atoms with E-state index in [9.17, 15) is 22.8 Å². The van der Waals surface area contributed by atoms with Crippen LogP contribution in [-0.2, 0) is 35.6 Å². The summed E-state index contributed by atoms with van der Waals surface area (Å²) in [5.41, 5.74) is 2.07. The van der Waals surface area contributed by atoms with Gasteiger partial charge in [0.15, 0.2) is 6.61 Å². The number of carbonyl (C=O) groups is 3. The minimum absolute atomic E-state index is 0.0809. The lowest BCUT2D eigenvalue weighted by molar-refractivity contribution is -0.150. The summed E-state index contributed by atoms with van der Waals surface area (Å²) in [5, 5.41) is 6.02. The number of benzene rings is 2. The predicted octanol–water partition coefficient (Wildman–Crippen LogP) is 1.65. The van der Waals surface area contributed by atoms with Crippen molar-refractivity contribution in [1.82, 2.24) is 14.6 Å². The Morgan fingerprint density at radius 3 is 2.38 bits per heavy atom. The van der Waals surface area contributed by atoms with Crippen LogP contribution in [0, 0.1) is 0 Å². The van der Waals surface area contributed by atoms with Gasteiger partial charge in [-0.25, -0.2) is 17.5 Å². The quantitative estimate of drug-likeness (QED) is 0.393. The number of sulfonamides is 1. The molecule has 1 heterocycles. The fraction of sp³-hybridized carbons (Fsp3) is 0.261. The average Bonchev–Trinajstić information content (AvgIpc) is 3.20. The number of nitrogens with zero attached hydrogens (tertiary/aromatic N) is 1. The smallest absolute Gasteiger partial charge is 0.329 e. The average molecular weight is 487 g/mol. The number of para-hydroxylation sites is 1. The molecule has 180 valence electrons. The van der Waals surface area contributed by atoms with Crippen molar-refractivity contribution >= 4 is 44.4 Å². The second-order valence-corrected chi connectivity index (χ2v) is 9.94. The molecule has 0 spiro atoms. The summed E-state index contributed by atoms with van der Waals surface area (Å²) in [6.45, 7) is 0.725. The minimum atomic E-state index is -3.58. The Hall–Kier alpha value is -3.70. The second kappa shape index (κ2) is 10.5. The molecule has 0 aliphatic heterocycles. The van der Waals surface area contributed by atoms with Gasteiger partial charge in [0, 0.05) is 50.2 Å². The first-order valence-corrected chi connectivity index (χ1v) is 11.8. The highest BCUT2D eigenvalue weighted by molar-refractivity contribution is 7.89. The highest BCUT2D eigenvalue weighted by atomic mass is 32.2. The number of hydrogen-bond donors (Lipinski definition) is 3. The molecule has 0 aliphatic rings. The van der Waals surface area contributed by atoms with Crippen LogP contribution in [0.2, 0.25) is 0 Å². The molecule has 34 heavy (non-hydrogen) atoms. The van der Waals surface area contributed by atoms with Gasteiger partial charge in [0.05, 0.1) is 4.90 Å². The third-order valence-electron chi connectivity index (χ3n) is 5.02.